The second-order valence-corrected chi connectivity index (χ2v) is 3.89. The van der Waals surface area contributed by atoms with Crippen LogP contribution in [0.5, 0.6) is 0 Å². The molecule has 86 valence electrons. The van der Waals surface area contributed by atoms with Gasteiger partial charge in [0.25, 0.3) is 0 Å². The average molecular weight is 213 g/mol. The summed E-state index contributed by atoms with van der Waals surface area (Å²) in [5.41, 5.74) is 0. The third-order valence-corrected chi connectivity index (χ3v) is 2.63. The Hall–Kier alpha value is -0.630. The molecule has 4 nitrogen and oxygen atoms in total. The molecule has 0 aromatic heterocycles. The second-order valence-electron chi connectivity index (χ2n) is 3.89. The van der Waals surface area contributed by atoms with E-state index in [0.29, 0.717) is 25.6 Å². The first-order valence-corrected chi connectivity index (χ1v) is 5.39. The number of nitriles is 1. The second kappa shape index (κ2) is 6.78. The zero-order chi connectivity index (χ0) is 11.1. The van der Waals surface area contributed by atoms with E-state index in [1.54, 1.807) is 7.11 Å². The monoisotopic (exact) mass is 213 g/mol. The molecule has 15 heavy (non-hydrogen) atoms. The molecule has 0 radical (unpaired) electrons. The van der Waals surface area contributed by atoms with E-state index < -0.39 is 0 Å². The summed E-state index contributed by atoms with van der Waals surface area (Å²) in [6.45, 7) is 2.96. The highest BCUT2D eigenvalue weighted by Gasteiger charge is 2.33. The summed E-state index contributed by atoms with van der Waals surface area (Å²) in [5.74, 6) is 0.0817. The number of ether oxygens (including phenoxy) is 3. The van der Waals surface area contributed by atoms with Gasteiger partial charge in [0.15, 0.2) is 0 Å². The van der Waals surface area contributed by atoms with Crippen LogP contribution >= 0.6 is 0 Å². The normalized spacial score (nSPS) is 25.9. The van der Waals surface area contributed by atoms with Gasteiger partial charge in [0.05, 0.1) is 24.9 Å². The van der Waals surface area contributed by atoms with Crippen molar-refractivity contribution in [1.82, 2.24) is 0 Å². The Morgan fingerprint density at radius 3 is 2.73 bits per heavy atom. The first-order chi connectivity index (χ1) is 7.27. The van der Waals surface area contributed by atoms with Crippen LogP contribution in [-0.4, -0.2) is 32.7 Å². The van der Waals surface area contributed by atoms with E-state index in [2.05, 4.69) is 13.0 Å². The molecule has 1 unspecified atom stereocenters. The maximum absolute atomic E-state index is 8.90. The molecule has 0 aromatic rings. The minimum atomic E-state index is 0.0817. The van der Waals surface area contributed by atoms with Crippen molar-refractivity contribution in [3.63, 3.8) is 0 Å². The fourth-order valence-corrected chi connectivity index (χ4v) is 1.54. The Morgan fingerprint density at radius 1 is 1.47 bits per heavy atom. The summed E-state index contributed by atoms with van der Waals surface area (Å²) in [6.07, 6.45) is 3.46. The molecule has 0 saturated carbocycles. The zero-order valence-corrected chi connectivity index (χ0v) is 9.44. The van der Waals surface area contributed by atoms with E-state index in [-0.39, 0.29) is 5.92 Å². The lowest BCUT2D eigenvalue weighted by Crippen LogP contribution is -2.06. The van der Waals surface area contributed by atoms with E-state index >= 15 is 0 Å². The minimum absolute atomic E-state index is 0.0817. The summed E-state index contributed by atoms with van der Waals surface area (Å²) in [7, 11) is 1.59. The minimum Gasteiger partial charge on any atom is -0.370 e. The lowest BCUT2D eigenvalue weighted by atomic mass is 10.00. The fourth-order valence-electron chi connectivity index (χ4n) is 1.54. The number of rotatable bonds is 8. The highest BCUT2D eigenvalue weighted by atomic mass is 16.7. The number of hydrogen-bond acceptors (Lipinski definition) is 4. The van der Waals surface area contributed by atoms with Crippen LogP contribution in [0.1, 0.15) is 26.2 Å². The molecule has 1 fully saturated rings. The standard InChI is InChI=1S/C11H19NO3/c1-9-11(15-9)4-3-10(7-12)5-6-14-8-13-2/h9-11H,3-6,8H2,1-2H3/t9-,10?,11+/m1/s1. The highest BCUT2D eigenvalue weighted by Crippen LogP contribution is 2.27. The molecule has 1 rings (SSSR count). The van der Waals surface area contributed by atoms with Gasteiger partial charge >= 0.3 is 0 Å². The Morgan fingerprint density at radius 2 is 2.20 bits per heavy atom. The van der Waals surface area contributed by atoms with Gasteiger partial charge < -0.3 is 14.2 Å². The van der Waals surface area contributed by atoms with Gasteiger partial charge in [0.2, 0.25) is 0 Å². The topological polar surface area (TPSA) is 54.8 Å². The summed E-state index contributed by atoms with van der Waals surface area (Å²) in [5, 5.41) is 8.90. The van der Waals surface area contributed by atoms with Crippen molar-refractivity contribution in [2.24, 2.45) is 5.92 Å². The van der Waals surface area contributed by atoms with Crippen LogP contribution in [0.4, 0.5) is 0 Å². The molecule has 4 heteroatoms. The molecule has 1 aliphatic heterocycles. The Kier molecular flexibility index (Phi) is 5.62. The van der Waals surface area contributed by atoms with Gasteiger partial charge in [-0.3, -0.25) is 0 Å². The van der Waals surface area contributed by atoms with Gasteiger partial charge in [-0.15, -0.1) is 0 Å². The van der Waals surface area contributed by atoms with E-state index in [1.165, 1.54) is 0 Å². The van der Waals surface area contributed by atoms with E-state index in [0.717, 1.165) is 19.3 Å². The molecule has 0 spiro atoms. The smallest absolute Gasteiger partial charge is 0.146 e. The van der Waals surface area contributed by atoms with Crippen molar-refractivity contribution < 1.29 is 14.2 Å². The van der Waals surface area contributed by atoms with Gasteiger partial charge in [-0.2, -0.15) is 5.26 Å². The molecule has 1 saturated heterocycles. The van der Waals surface area contributed by atoms with Crippen LogP contribution in [0, 0.1) is 17.2 Å². The largest absolute Gasteiger partial charge is 0.370 e. The van der Waals surface area contributed by atoms with Crippen LogP contribution in [0.3, 0.4) is 0 Å². The molecular weight excluding hydrogens is 194 g/mol. The number of epoxide rings is 1. The predicted octanol–water partition coefficient (Wildman–Crippen LogP) is 1.70. The summed E-state index contributed by atoms with van der Waals surface area (Å²) < 4.78 is 15.2. The van der Waals surface area contributed by atoms with Gasteiger partial charge in [0.1, 0.15) is 6.79 Å². The summed E-state index contributed by atoms with van der Waals surface area (Å²) >= 11 is 0. The predicted molar refractivity (Wildman–Crippen MR) is 55.1 cm³/mol. The third kappa shape index (κ3) is 5.12. The maximum Gasteiger partial charge on any atom is 0.146 e. The molecule has 1 aliphatic rings. The average Bonchev–Trinajstić information content (AvgIpc) is 2.94. The first kappa shape index (κ1) is 12.4. The van der Waals surface area contributed by atoms with Crippen LogP contribution < -0.4 is 0 Å². The van der Waals surface area contributed by atoms with Crippen LogP contribution in [0.15, 0.2) is 0 Å². The SMILES string of the molecule is COCOCCC(C#N)CC[C@@H]1O[C@@H]1C. The molecule has 0 aliphatic carbocycles. The van der Waals surface area contributed by atoms with Crippen molar-refractivity contribution >= 4 is 0 Å². The summed E-state index contributed by atoms with van der Waals surface area (Å²) in [4.78, 5) is 0. The molecule has 1 heterocycles. The van der Waals surface area contributed by atoms with Gasteiger partial charge in [-0.1, -0.05) is 0 Å². The lowest BCUT2D eigenvalue weighted by molar-refractivity contribution is -0.0333. The van der Waals surface area contributed by atoms with Gasteiger partial charge in [0, 0.05) is 13.0 Å². The molecule has 3 atom stereocenters. The van der Waals surface area contributed by atoms with Crippen molar-refractivity contribution in [3.05, 3.63) is 0 Å². The van der Waals surface area contributed by atoms with Gasteiger partial charge in [-0.25, -0.2) is 0 Å². The highest BCUT2D eigenvalue weighted by molar-refractivity contribution is 4.87. The first-order valence-electron chi connectivity index (χ1n) is 5.39. The van der Waals surface area contributed by atoms with Gasteiger partial charge in [-0.05, 0) is 26.2 Å². The fraction of sp³-hybridized carbons (Fsp3) is 0.909. The van der Waals surface area contributed by atoms with E-state index in [4.69, 9.17) is 19.5 Å². The third-order valence-electron chi connectivity index (χ3n) is 2.63. The van der Waals surface area contributed by atoms with Crippen molar-refractivity contribution in [1.29, 1.82) is 5.26 Å². The van der Waals surface area contributed by atoms with Crippen LogP contribution in [0.25, 0.3) is 0 Å². The summed E-state index contributed by atoms with van der Waals surface area (Å²) in [6, 6.07) is 2.30. The van der Waals surface area contributed by atoms with Crippen molar-refractivity contribution in [2.75, 3.05) is 20.5 Å². The van der Waals surface area contributed by atoms with Crippen LogP contribution in [-0.2, 0) is 14.2 Å². The number of nitrogens with zero attached hydrogens (tertiary/aromatic N) is 1. The van der Waals surface area contributed by atoms with Crippen LogP contribution in [0.2, 0.25) is 0 Å². The van der Waals surface area contributed by atoms with E-state index in [9.17, 15) is 0 Å². The quantitative estimate of drug-likeness (QED) is 0.350. The maximum atomic E-state index is 8.90. The molecule has 0 N–H and O–H groups in total. The molecule has 0 aromatic carbocycles. The zero-order valence-electron chi connectivity index (χ0n) is 9.44. The van der Waals surface area contributed by atoms with E-state index in [1.807, 2.05) is 0 Å². The Balaban J connectivity index is 2.00. The Bertz CT molecular complexity index is 214. The number of hydrogen-bond donors (Lipinski definition) is 0. The molecule has 0 amide bonds. The Labute approximate surface area is 91.1 Å². The van der Waals surface area contributed by atoms with Crippen molar-refractivity contribution in [3.8, 4) is 6.07 Å². The van der Waals surface area contributed by atoms with Crippen molar-refractivity contribution in [2.45, 2.75) is 38.4 Å². The lowest BCUT2D eigenvalue weighted by Gasteiger charge is -2.07. The number of methoxy groups -OCH3 is 1. The molecular formula is C11H19NO3. The molecule has 0 bridgehead atoms.